The molecule has 0 aliphatic carbocycles. The number of hydrogen-bond acceptors (Lipinski definition) is 7. The summed E-state index contributed by atoms with van der Waals surface area (Å²) in [6, 6.07) is 19.3. The Balaban J connectivity index is 1.81. The summed E-state index contributed by atoms with van der Waals surface area (Å²) in [5, 5.41) is -0.604. The number of ether oxygens (including phenoxy) is 5. The van der Waals surface area contributed by atoms with Gasteiger partial charge in [-0.2, -0.15) is 0 Å². The lowest BCUT2D eigenvalue weighted by Gasteiger charge is -2.43. The van der Waals surface area contributed by atoms with Crippen LogP contribution in [0.2, 0.25) is 0 Å². The van der Waals surface area contributed by atoms with Gasteiger partial charge in [0.15, 0.2) is 6.10 Å². The molecule has 0 bridgehead atoms. The molecule has 0 spiro atoms. The fourth-order valence-corrected chi connectivity index (χ4v) is 4.17. The molecule has 1 aliphatic rings. The predicted octanol–water partition coefficient (Wildman–Crippen LogP) is 3.77. The van der Waals surface area contributed by atoms with Crippen LogP contribution in [0, 0.1) is 0 Å². The Kier molecular flexibility index (Phi) is 9.23. The van der Waals surface area contributed by atoms with Crippen LogP contribution in [0.5, 0.6) is 0 Å². The number of rotatable bonds is 9. The van der Waals surface area contributed by atoms with Gasteiger partial charge in [0.2, 0.25) is 0 Å². The van der Waals surface area contributed by atoms with Gasteiger partial charge in [-0.1, -0.05) is 76.6 Å². The highest BCUT2D eigenvalue weighted by Crippen LogP contribution is 2.32. The van der Waals surface area contributed by atoms with E-state index in [4.69, 9.17) is 23.7 Å². The number of hydrogen-bond donors (Lipinski definition) is 0. The number of esters is 2. The van der Waals surface area contributed by atoms with Gasteiger partial charge in [0.05, 0.1) is 13.2 Å². The molecule has 1 heterocycles. The van der Waals surface area contributed by atoms with Crippen molar-refractivity contribution in [3.63, 3.8) is 0 Å². The van der Waals surface area contributed by atoms with E-state index in [1.165, 1.54) is 13.8 Å². The van der Waals surface area contributed by atoms with Crippen LogP contribution in [0.3, 0.4) is 0 Å². The van der Waals surface area contributed by atoms with Crippen LogP contribution in [0.15, 0.2) is 60.7 Å². The fraction of sp³-hybridized carbons (Fsp3) is 0.417. The second kappa shape index (κ2) is 12.1. The number of alkyl halides is 1. The van der Waals surface area contributed by atoms with Gasteiger partial charge in [0, 0.05) is 13.8 Å². The van der Waals surface area contributed by atoms with Crippen LogP contribution >= 0.6 is 15.9 Å². The third kappa shape index (κ3) is 7.13. The Bertz CT molecular complexity index is 861. The average molecular weight is 507 g/mol. The maximum atomic E-state index is 12.0. The molecule has 5 atom stereocenters. The lowest BCUT2D eigenvalue weighted by molar-refractivity contribution is -0.245. The van der Waals surface area contributed by atoms with Crippen molar-refractivity contribution in [2.45, 2.75) is 56.5 Å². The molecule has 2 aromatic rings. The summed E-state index contributed by atoms with van der Waals surface area (Å²) in [5.41, 5.74) is 1.92. The van der Waals surface area contributed by atoms with Gasteiger partial charge in [-0.3, -0.25) is 9.59 Å². The number of carbonyl (C=O) groups excluding carboxylic acids is 2. The summed E-state index contributed by atoms with van der Waals surface area (Å²) < 4.78 is 29.2. The normalized spacial score (nSPS) is 25.2. The highest BCUT2D eigenvalue weighted by molar-refractivity contribution is 9.09. The Morgan fingerprint density at radius 1 is 0.812 bits per heavy atom. The number of benzene rings is 2. The Morgan fingerprint density at radius 3 is 1.84 bits per heavy atom. The van der Waals surface area contributed by atoms with Crippen LogP contribution < -0.4 is 0 Å². The highest BCUT2D eigenvalue weighted by atomic mass is 79.9. The predicted molar refractivity (Wildman–Crippen MR) is 120 cm³/mol. The van der Waals surface area contributed by atoms with Gasteiger partial charge in [-0.15, -0.1) is 0 Å². The molecule has 0 radical (unpaired) electrons. The third-order valence-corrected chi connectivity index (χ3v) is 5.64. The van der Waals surface area contributed by atoms with Crippen molar-refractivity contribution in [3.05, 3.63) is 71.8 Å². The quantitative estimate of drug-likeness (QED) is 0.378. The van der Waals surface area contributed by atoms with Crippen LogP contribution in [-0.2, 0) is 46.5 Å². The first-order valence-electron chi connectivity index (χ1n) is 10.3. The zero-order valence-electron chi connectivity index (χ0n) is 18.0. The molecule has 7 nitrogen and oxygen atoms in total. The monoisotopic (exact) mass is 506 g/mol. The Hall–Kier alpha value is -2.26. The molecule has 0 aromatic heterocycles. The van der Waals surface area contributed by atoms with E-state index in [1.807, 2.05) is 60.7 Å². The van der Waals surface area contributed by atoms with Gasteiger partial charge in [0.1, 0.15) is 29.9 Å². The molecule has 8 heteroatoms. The lowest BCUT2D eigenvalue weighted by Crippen LogP contribution is -2.60. The molecule has 32 heavy (non-hydrogen) atoms. The molecule has 1 aliphatic heterocycles. The van der Waals surface area contributed by atoms with Crippen molar-refractivity contribution in [1.82, 2.24) is 0 Å². The van der Waals surface area contributed by atoms with Gasteiger partial charge in [-0.05, 0) is 11.1 Å². The van der Waals surface area contributed by atoms with Crippen LogP contribution in [-0.4, -0.2) is 48.0 Å². The van der Waals surface area contributed by atoms with E-state index in [2.05, 4.69) is 15.9 Å². The van der Waals surface area contributed by atoms with Crippen LogP contribution in [0.1, 0.15) is 25.0 Å². The summed E-state index contributed by atoms with van der Waals surface area (Å²) in [4.78, 5) is 23.4. The van der Waals surface area contributed by atoms with Crippen molar-refractivity contribution >= 4 is 27.9 Å². The van der Waals surface area contributed by atoms with E-state index in [9.17, 15) is 9.59 Å². The van der Waals surface area contributed by atoms with Crippen molar-refractivity contribution in [2.75, 3.05) is 6.61 Å². The van der Waals surface area contributed by atoms with E-state index in [-0.39, 0.29) is 13.2 Å². The van der Waals surface area contributed by atoms with E-state index in [1.54, 1.807) is 0 Å². The Morgan fingerprint density at radius 2 is 1.34 bits per heavy atom. The SMILES string of the molecule is CC(=O)OC[C@H]1O[C@H](Br)[C@H](OCc2ccccc2)[C@@H](OC(C)=O)[C@@H]1OCc1ccccc1. The number of carbonyl (C=O) groups is 2. The van der Waals surface area contributed by atoms with E-state index < -0.39 is 41.4 Å². The average Bonchev–Trinajstić information content (AvgIpc) is 2.77. The van der Waals surface area contributed by atoms with Crippen LogP contribution in [0.25, 0.3) is 0 Å². The first-order valence-corrected chi connectivity index (χ1v) is 11.3. The van der Waals surface area contributed by atoms with E-state index in [0.717, 1.165) is 11.1 Å². The highest BCUT2D eigenvalue weighted by Gasteiger charge is 2.49. The molecule has 0 unspecified atom stereocenters. The molecule has 0 saturated carbocycles. The minimum atomic E-state index is -0.779. The molecule has 2 aromatic carbocycles. The zero-order chi connectivity index (χ0) is 22.9. The number of halogens is 1. The second-order valence-corrected chi connectivity index (χ2v) is 8.33. The van der Waals surface area contributed by atoms with Crippen molar-refractivity contribution in [3.8, 4) is 0 Å². The third-order valence-electron chi connectivity index (χ3n) is 4.90. The Labute approximate surface area is 196 Å². The largest absolute Gasteiger partial charge is 0.463 e. The molecule has 1 fully saturated rings. The molecule has 1 saturated heterocycles. The standard InChI is InChI=1S/C24H27BrO7/c1-16(26)28-15-20-21(29-13-18-9-5-3-6-10-18)22(31-17(2)27)23(24(25)32-20)30-14-19-11-7-4-8-12-19/h3-12,20-24H,13-15H2,1-2H3/t20-,21-,22+,23-,24+/m1/s1. The van der Waals surface area contributed by atoms with Crippen molar-refractivity contribution in [2.24, 2.45) is 0 Å². The van der Waals surface area contributed by atoms with E-state index in [0.29, 0.717) is 6.61 Å². The van der Waals surface area contributed by atoms with Gasteiger partial charge >= 0.3 is 11.9 Å². The first kappa shape index (κ1) is 24.4. The van der Waals surface area contributed by atoms with Gasteiger partial charge < -0.3 is 23.7 Å². The summed E-state index contributed by atoms with van der Waals surface area (Å²) >= 11 is 3.50. The molecule has 0 amide bonds. The fourth-order valence-electron chi connectivity index (χ4n) is 3.43. The minimum Gasteiger partial charge on any atom is -0.463 e. The van der Waals surface area contributed by atoms with Gasteiger partial charge in [-0.25, -0.2) is 0 Å². The summed E-state index contributed by atoms with van der Waals surface area (Å²) in [6.07, 6.45) is -2.80. The first-order chi connectivity index (χ1) is 15.4. The summed E-state index contributed by atoms with van der Waals surface area (Å²) in [5.74, 6) is -0.905. The van der Waals surface area contributed by atoms with Crippen LogP contribution in [0.4, 0.5) is 0 Å². The maximum absolute atomic E-state index is 12.0. The molecule has 0 N–H and O–H groups in total. The minimum absolute atomic E-state index is 0.0416. The topological polar surface area (TPSA) is 80.3 Å². The molecule has 3 rings (SSSR count). The van der Waals surface area contributed by atoms with E-state index >= 15 is 0 Å². The smallest absolute Gasteiger partial charge is 0.303 e. The second-order valence-electron chi connectivity index (χ2n) is 7.42. The lowest BCUT2D eigenvalue weighted by atomic mass is 9.99. The molecular formula is C24H27BrO7. The van der Waals surface area contributed by atoms with Gasteiger partial charge in [0.25, 0.3) is 0 Å². The zero-order valence-corrected chi connectivity index (χ0v) is 19.6. The molecular weight excluding hydrogens is 480 g/mol. The molecule has 172 valence electrons. The van der Waals surface area contributed by atoms with Crippen molar-refractivity contribution < 1.29 is 33.3 Å². The maximum Gasteiger partial charge on any atom is 0.303 e. The van der Waals surface area contributed by atoms with Crippen molar-refractivity contribution in [1.29, 1.82) is 0 Å². The summed E-state index contributed by atoms with van der Waals surface area (Å²) in [6.45, 7) is 3.18. The summed E-state index contributed by atoms with van der Waals surface area (Å²) in [7, 11) is 0.